The van der Waals surface area contributed by atoms with Crippen LogP contribution in [0.2, 0.25) is 5.02 Å². The Morgan fingerprint density at radius 1 is 1.30 bits per heavy atom. The molecule has 1 saturated heterocycles. The van der Waals surface area contributed by atoms with Crippen LogP contribution < -0.4 is 21.1 Å². The number of nitrogens with zero attached hydrogens (tertiary/aromatic N) is 7. The summed E-state index contributed by atoms with van der Waals surface area (Å²) in [4.78, 5) is 46.5. The van der Waals surface area contributed by atoms with Gasteiger partial charge in [0.05, 0.1) is 46.3 Å². The van der Waals surface area contributed by atoms with E-state index in [0.29, 0.717) is 19.5 Å². The van der Waals surface area contributed by atoms with Gasteiger partial charge in [0.15, 0.2) is 22.9 Å². The van der Waals surface area contributed by atoms with Crippen LogP contribution in [-0.4, -0.2) is 73.0 Å². The highest BCUT2D eigenvalue weighted by atomic mass is 35.5. The second kappa shape index (κ2) is 12.2. The molecule has 1 fully saturated rings. The number of hydrogen-bond donors (Lipinski definition) is 3. The van der Waals surface area contributed by atoms with Crippen molar-refractivity contribution in [2.75, 3.05) is 25.0 Å². The van der Waals surface area contributed by atoms with Crippen LogP contribution in [0.15, 0.2) is 36.9 Å². The fourth-order valence-corrected chi connectivity index (χ4v) is 4.97. The number of halogens is 4. The molecule has 0 radical (unpaired) electrons. The summed E-state index contributed by atoms with van der Waals surface area (Å²) in [5.74, 6) is -1.23. The van der Waals surface area contributed by atoms with Gasteiger partial charge in [0.1, 0.15) is 6.54 Å². The van der Waals surface area contributed by atoms with Crippen molar-refractivity contribution < 1.29 is 32.3 Å². The number of carbonyl (C=O) groups is 3. The van der Waals surface area contributed by atoms with Crippen molar-refractivity contribution in [3.05, 3.63) is 53.2 Å². The minimum absolute atomic E-state index is 0.0156. The zero-order chi connectivity index (χ0) is 31.6. The zero-order valence-corrected chi connectivity index (χ0v) is 23.3. The molecule has 3 aromatic heterocycles. The van der Waals surface area contributed by atoms with E-state index >= 15 is 0 Å². The molecule has 1 atom stereocenters. The average molecular weight is 631 g/mol. The molecule has 0 spiro atoms. The number of nitrogens with one attached hydrogen (secondary N) is 2. The number of nitriles is 1. The molecule has 44 heavy (non-hydrogen) atoms. The summed E-state index contributed by atoms with van der Waals surface area (Å²) < 4.78 is 48.5. The average Bonchev–Trinajstić information content (AvgIpc) is 3.72. The van der Waals surface area contributed by atoms with Gasteiger partial charge in [-0.1, -0.05) is 11.6 Å². The zero-order valence-electron chi connectivity index (χ0n) is 22.5. The lowest BCUT2D eigenvalue weighted by atomic mass is 10.1. The third-order valence-electron chi connectivity index (χ3n) is 6.71. The molecule has 4 heterocycles. The molecular weight excluding hydrogens is 609 g/mol. The molecule has 0 unspecified atom stereocenters. The van der Waals surface area contributed by atoms with E-state index in [1.807, 2.05) is 0 Å². The van der Waals surface area contributed by atoms with Gasteiger partial charge in [0, 0.05) is 37.7 Å². The summed E-state index contributed by atoms with van der Waals surface area (Å²) in [6.07, 6.45) is 0.806. The minimum Gasteiger partial charge on any atom is -0.425 e. The van der Waals surface area contributed by atoms with Gasteiger partial charge >= 0.3 is 6.18 Å². The van der Waals surface area contributed by atoms with Crippen LogP contribution >= 0.6 is 11.6 Å². The van der Waals surface area contributed by atoms with Crippen molar-refractivity contribution in [3.8, 4) is 23.1 Å². The summed E-state index contributed by atoms with van der Waals surface area (Å²) in [6, 6.07) is 4.32. The van der Waals surface area contributed by atoms with Crippen LogP contribution in [0.1, 0.15) is 22.5 Å². The van der Waals surface area contributed by atoms with E-state index in [0.717, 1.165) is 10.9 Å². The molecule has 14 nitrogen and oxygen atoms in total. The number of alkyl halides is 3. The van der Waals surface area contributed by atoms with Crippen molar-refractivity contribution >= 4 is 47.0 Å². The molecule has 5 rings (SSSR count). The van der Waals surface area contributed by atoms with E-state index in [1.54, 1.807) is 6.07 Å². The summed E-state index contributed by atoms with van der Waals surface area (Å²) in [5, 5.41) is 17.5. The molecule has 1 aliphatic rings. The molecular formula is C26H22ClF3N10O4. The lowest BCUT2D eigenvalue weighted by Crippen LogP contribution is -2.40. The van der Waals surface area contributed by atoms with Crippen molar-refractivity contribution in [1.82, 2.24) is 34.4 Å². The minimum atomic E-state index is -4.81. The van der Waals surface area contributed by atoms with Crippen LogP contribution in [0, 0.1) is 11.3 Å². The van der Waals surface area contributed by atoms with Crippen molar-refractivity contribution in [2.45, 2.75) is 25.2 Å². The van der Waals surface area contributed by atoms with E-state index in [4.69, 9.17) is 27.3 Å². The summed E-state index contributed by atoms with van der Waals surface area (Å²) in [5.41, 5.74) is 4.39. The molecule has 228 valence electrons. The highest BCUT2D eigenvalue weighted by Gasteiger charge is 2.38. The van der Waals surface area contributed by atoms with Crippen LogP contribution in [0.4, 0.5) is 24.7 Å². The fourth-order valence-electron chi connectivity index (χ4n) is 4.68. The van der Waals surface area contributed by atoms with Gasteiger partial charge in [0.2, 0.25) is 5.91 Å². The highest BCUT2D eigenvalue weighted by molar-refractivity contribution is 6.36. The number of rotatable bonds is 9. The van der Waals surface area contributed by atoms with E-state index < -0.39 is 24.3 Å². The largest absolute Gasteiger partial charge is 0.435 e. The van der Waals surface area contributed by atoms with E-state index in [-0.39, 0.29) is 69.7 Å². The van der Waals surface area contributed by atoms with Crippen LogP contribution in [0.5, 0.6) is 5.75 Å². The number of fused-ring (bicyclic) bond motifs is 1. The number of amides is 2. The first-order valence-corrected chi connectivity index (χ1v) is 13.2. The topological polar surface area (TPSA) is 186 Å². The number of nitrogens with two attached hydrogens (primary N) is 1. The molecule has 18 heteroatoms. The van der Waals surface area contributed by atoms with Gasteiger partial charge < -0.3 is 26.0 Å². The standard InChI is InChI=1S/C26H22ClF3N10O4/c27-20-15(25(43)35-10-19(42)38-6-3-14(32)11-38)1-2-17(21(20)44-13-41)36-23-24-34-9-18(40(24)8-5-33-23)16-12-39(7-4-31)37-22(16)26(28,29)30/h1-2,5,8-9,12-14H,3,6-7,10-11,32H2,(H,33,36)(H,35,43)/t14-/m1/s1. The number of anilines is 2. The van der Waals surface area contributed by atoms with E-state index in [2.05, 4.69) is 25.7 Å². The second-order valence-electron chi connectivity index (χ2n) is 9.57. The Hall–Kier alpha value is -5.21. The van der Waals surface area contributed by atoms with E-state index in [9.17, 15) is 27.6 Å². The predicted molar refractivity (Wildman–Crippen MR) is 148 cm³/mol. The fraction of sp³-hybridized carbons (Fsp3) is 0.269. The Morgan fingerprint density at radius 2 is 2.09 bits per heavy atom. The molecule has 1 aromatic carbocycles. The molecule has 1 aliphatic heterocycles. The summed E-state index contributed by atoms with van der Waals surface area (Å²) in [7, 11) is 0. The smallest absolute Gasteiger partial charge is 0.425 e. The number of carbonyl (C=O) groups excluding carboxylic acids is 3. The molecule has 4 N–H and O–H groups in total. The van der Waals surface area contributed by atoms with Gasteiger partial charge in [0.25, 0.3) is 12.4 Å². The van der Waals surface area contributed by atoms with Crippen LogP contribution in [0.3, 0.4) is 0 Å². The molecule has 2 amide bonds. The van der Waals surface area contributed by atoms with Crippen molar-refractivity contribution in [1.29, 1.82) is 5.26 Å². The first-order valence-electron chi connectivity index (χ1n) is 12.9. The number of imidazole rings is 1. The Balaban J connectivity index is 1.43. The maximum absolute atomic E-state index is 13.8. The van der Waals surface area contributed by atoms with Crippen LogP contribution in [0.25, 0.3) is 16.9 Å². The SMILES string of the molecule is N#CCn1cc(-c2cnc3c(Nc4ccc(C(=O)NCC(=O)N5CC[C@@H](N)C5)c(Cl)c4OC=O)nccn23)c(C(F)(F)F)n1. The van der Waals surface area contributed by atoms with Gasteiger partial charge in [-0.05, 0) is 18.6 Å². The first-order chi connectivity index (χ1) is 21.0. The molecule has 0 saturated carbocycles. The quantitative estimate of drug-likeness (QED) is 0.232. The van der Waals surface area contributed by atoms with Crippen molar-refractivity contribution in [3.63, 3.8) is 0 Å². The van der Waals surface area contributed by atoms with Gasteiger partial charge in [-0.3, -0.25) is 23.5 Å². The summed E-state index contributed by atoms with van der Waals surface area (Å²) >= 11 is 6.43. The monoisotopic (exact) mass is 630 g/mol. The predicted octanol–water partition coefficient (Wildman–Crippen LogP) is 2.36. The molecule has 0 bridgehead atoms. The first kappa shape index (κ1) is 30.3. The highest BCUT2D eigenvalue weighted by Crippen LogP contribution is 2.39. The Kier molecular flexibility index (Phi) is 8.38. The van der Waals surface area contributed by atoms with Gasteiger partial charge in [-0.25, -0.2) is 9.97 Å². The normalized spacial score (nSPS) is 14.8. The number of benzene rings is 1. The van der Waals surface area contributed by atoms with Gasteiger partial charge in [-0.2, -0.15) is 23.5 Å². The van der Waals surface area contributed by atoms with Crippen LogP contribution in [-0.2, 0) is 22.3 Å². The maximum atomic E-state index is 13.8. The number of likely N-dealkylation sites (tertiary alicyclic amines) is 1. The third kappa shape index (κ3) is 5.98. The second-order valence-corrected chi connectivity index (χ2v) is 9.95. The Bertz CT molecular complexity index is 1800. The molecule has 0 aliphatic carbocycles. The van der Waals surface area contributed by atoms with Crippen molar-refractivity contribution in [2.24, 2.45) is 5.73 Å². The lowest BCUT2D eigenvalue weighted by molar-refractivity contribution is -0.141. The third-order valence-corrected chi connectivity index (χ3v) is 7.08. The Labute approximate surface area is 251 Å². The maximum Gasteiger partial charge on any atom is 0.435 e. The number of hydrogen-bond acceptors (Lipinski definition) is 10. The number of ether oxygens (including phenoxy) is 1. The number of aromatic nitrogens is 5. The molecule has 4 aromatic rings. The van der Waals surface area contributed by atoms with E-state index in [1.165, 1.54) is 40.0 Å². The lowest BCUT2D eigenvalue weighted by Gasteiger charge is -2.17. The Morgan fingerprint density at radius 3 is 2.77 bits per heavy atom. The summed E-state index contributed by atoms with van der Waals surface area (Å²) in [6.45, 7) is 0.270. The van der Waals surface area contributed by atoms with Gasteiger partial charge in [-0.15, -0.1) is 0 Å².